The van der Waals surface area contributed by atoms with E-state index in [1.165, 1.54) is 35.5 Å². The van der Waals surface area contributed by atoms with Gasteiger partial charge in [-0.15, -0.1) is 13.2 Å². The molecule has 1 saturated heterocycles. The van der Waals surface area contributed by atoms with Gasteiger partial charge in [-0.25, -0.2) is 4.98 Å². The van der Waals surface area contributed by atoms with Crippen molar-refractivity contribution in [1.82, 2.24) is 19.3 Å². The smallest absolute Gasteiger partial charge is 0.406 e. The van der Waals surface area contributed by atoms with Crippen LogP contribution in [0.15, 0.2) is 67.1 Å². The number of anilines is 2. The first kappa shape index (κ1) is 25.4. The molecule has 0 radical (unpaired) electrons. The van der Waals surface area contributed by atoms with E-state index in [4.69, 9.17) is 0 Å². The van der Waals surface area contributed by atoms with E-state index in [2.05, 4.69) is 44.0 Å². The Bertz CT molecular complexity index is 1410. The van der Waals surface area contributed by atoms with Crippen LogP contribution < -0.4 is 15.0 Å². The number of imidazole rings is 1. The van der Waals surface area contributed by atoms with Gasteiger partial charge in [0, 0.05) is 49.8 Å². The largest absolute Gasteiger partial charge is 0.573 e. The number of carbonyl (C=O) groups is 1. The van der Waals surface area contributed by atoms with Crippen molar-refractivity contribution in [2.24, 2.45) is 0 Å². The Labute approximate surface area is 217 Å². The molecular weight excluding hydrogens is 497 g/mol. The van der Waals surface area contributed by atoms with Crippen molar-refractivity contribution >= 4 is 23.1 Å². The minimum absolute atomic E-state index is 0.0442. The zero-order valence-electron chi connectivity index (χ0n) is 20.8. The fraction of sp³-hybridized carbons (Fsp3) is 0.296. The molecule has 1 aliphatic heterocycles. The van der Waals surface area contributed by atoms with Gasteiger partial charge in [-0.05, 0) is 42.3 Å². The first-order valence-electron chi connectivity index (χ1n) is 12.3. The van der Waals surface area contributed by atoms with Crippen LogP contribution in [0.5, 0.6) is 5.75 Å². The molecule has 0 unspecified atom stereocenters. The van der Waals surface area contributed by atoms with Gasteiger partial charge in [0.2, 0.25) is 5.91 Å². The third-order valence-electron chi connectivity index (χ3n) is 6.54. The van der Waals surface area contributed by atoms with Crippen LogP contribution in [0, 0.1) is 0 Å². The Morgan fingerprint density at radius 2 is 1.79 bits per heavy atom. The molecule has 1 N–H and O–H groups in total. The number of hydrogen-bond donors (Lipinski definition) is 1. The van der Waals surface area contributed by atoms with Crippen LogP contribution in [0.3, 0.4) is 0 Å². The highest BCUT2D eigenvalue weighted by molar-refractivity contribution is 5.84. The Kier molecular flexibility index (Phi) is 7.08. The van der Waals surface area contributed by atoms with Crippen molar-refractivity contribution < 1.29 is 22.7 Å². The molecule has 0 atom stereocenters. The van der Waals surface area contributed by atoms with E-state index >= 15 is 0 Å². The molecule has 0 aliphatic carbocycles. The average molecular weight is 525 g/mol. The normalized spacial score (nSPS) is 14.1. The fourth-order valence-electron chi connectivity index (χ4n) is 4.68. The Morgan fingerprint density at radius 3 is 2.50 bits per heavy atom. The Balaban J connectivity index is 1.28. The molecule has 0 saturated carbocycles. The first-order chi connectivity index (χ1) is 18.3. The van der Waals surface area contributed by atoms with E-state index in [-0.39, 0.29) is 18.2 Å². The van der Waals surface area contributed by atoms with Gasteiger partial charge in [-0.3, -0.25) is 14.2 Å². The van der Waals surface area contributed by atoms with Gasteiger partial charge < -0.3 is 19.9 Å². The molecule has 3 heterocycles. The summed E-state index contributed by atoms with van der Waals surface area (Å²) in [5.41, 5.74) is 4.11. The summed E-state index contributed by atoms with van der Waals surface area (Å²) in [5.74, 6) is 0.185. The summed E-state index contributed by atoms with van der Waals surface area (Å²) < 4.78 is 43.4. The Hall–Kier alpha value is -4.28. The topological polar surface area (TPSA) is 75.0 Å². The van der Waals surface area contributed by atoms with Gasteiger partial charge in [0.1, 0.15) is 17.3 Å². The van der Waals surface area contributed by atoms with E-state index in [9.17, 15) is 18.0 Å². The van der Waals surface area contributed by atoms with Gasteiger partial charge in [-0.2, -0.15) is 0 Å². The lowest BCUT2D eigenvalue weighted by atomic mass is 10.1. The zero-order chi connectivity index (χ0) is 26.7. The number of nitrogens with one attached hydrogen (secondary N) is 1. The number of halogens is 3. The number of benzene rings is 2. The SMILES string of the molecule is CCc1ccccc1N1CCN(C(=O)CNc2c(-c3ccc(OC(F)(F)F)cc3)nc3cnccn23)CC1. The van der Waals surface area contributed by atoms with Gasteiger partial charge >= 0.3 is 6.36 Å². The molecule has 1 fully saturated rings. The number of alkyl halides is 3. The van der Waals surface area contributed by atoms with Crippen molar-refractivity contribution in [3.8, 4) is 17.0 Å². The number of aromatic nitrogens is 3. The minimum atomic E-state index is -4.77. The van der Waals surface area contributed by atoms with E-state index in [1.807, 2.05) is 17.0 Å². The van der Waals surface area contributed by atoms with Gasteiger partial charge in [0.05, 0.1) is 12.7 Å². The molecule has 2 aromatic carbocycles. The predicted molar refractivity (Wildman–Crippen MR) is 138 cm³/mol. The highest BCUT2D eigenvalue weighted by Crippen LogP contribution is 2.31. The summed E-state index contributed by atoms with van der Waals surface area (Å²) >= 11 is 0. The van der Waals surface area contributed by atoms with Crippen LogP contribution in [-0.4, -0.2) is 64.3 Å². The van der Waals surface area contributed by atoms with Crippen LogP contribution in [0.1, 0.15) is 12.5 Å². The van der Waals surface area contributed by atoms with E-state index in [0.717, 1.165) is 19.5 Å². The van der Waals surface area contributed by atoms with Crippen molar-refractivity contribution in [3.05, 3.63) is 72.7 Å². The lowest BCUT2D eigenvalue weighted by molar-refractivity contribution is -0.274. The van der Waals surface area contributed by atoms with Crippen LogP contribution >= 0.6 is 0 Å². The number of ether oxygens (including phenoxy) is 1. The number of aryl methyl sites for hydroxylation is 1. The quantitative estimate of drug-likeness (QED) is 0.381. The number of piperazine rings is 1. The number of carbonyl (C=O) groups excluding carboxylic acids is 1. The molecule has 2 aromatic heterocycles. The first-order valence-corrected chi connectivity index (χ1v) is 12.3. The monoisotopic (exact) mass is 524 g/mol. The number of hydrogen-bond acceptors (Lipinski definition) is 6. The average Bonchev–Trinajstić information content (AvgIpc) is 3.30. The summed E-state index contributed by atoms with van der Waals surface area (Å²) in [6, 6.07) is 13.8. The highest BCUT2D eigenvalue weighted by Gasteiger charge is 2.31. The molecule has 1 aliphatic rings. The standard InChI is InChI=1S/C27H27F3N6O2/c1-2-19-5-3-4-6-22(19)34-13-15-35(16-14-34)24(37)18-32-26-25(33-23-17-31-11-12-36(23)26)20-7-9-21(10-8-20)38-27(28,29)30/h3-12,17,32H,2,13-16,18H2,1H3. The molecular formula is C27H27F3N6O2. The molecule has 0 spiro atoms. The van der Waals surface area contributed by atoms with E-state index in [0.29, 0.717) is 35.8 Å². The number of amides is 1. The minimum Gasteiger partial charge on any atom is -0.406 e. The van der Waals surface area contributed by atoms with Crippen LogP contribution in [0.4, 0.5) is 24.7 Å². The molecule has 0 bridgehead atoms. The summed E-state index contributed by atoms with van der Waals surface area (Å²) in [6.07, 6.45) is 1.07. The predicted octanol–water partition coefficient (Wildman–Crippen LogP) is 4.62. The molecule has 1 amide bonds. The summed E-state index contributed by atoms with van der Waals surface area (Å²) in [7, 11) is 0. The maximum atomic E-state index is 13.1. The summed E-state index contributed by atoms with van der Waals surface area (Å²) in [5, 5.41) is 3.20. The second-order valence-electron chi connectivity index (χ2n) is 8.89. The van der Waals surface area contributed by atoms with Gasteiger partial charge in [-0.1, -0.05) is 25.1 Å². The molecule has 198 valence electrons. The second kappa shape index (κ2) is 10.6. The molecule has 38 heavy (non-hydrogen) atoms. The Morgan fingerprint density at radius 1 is 1.05 bits per heavy atom. The van der Waals surface area contributed by atoms with Crippen LogP contribution in [0.25, 0.3) is 16.9 Å². The van der Waals surface area contributed by atoms with Crippen LogP contribution in [0.2, 0.25) is 0 Å². The number of rotatable bonds is 7. The van der Waals surface area contributed by atoms with E-state index < -0.39 is 6.36 Å². The van der Waals surface area contributed by atoms with Crippen molar-refractivity contribution in [2.75, 3.05) is 42.9 Å². The van der Waals surface area contributed by atoms with Crippen molar-refractivity contribution in [1.29, 1.82) is 0 Å². The number of para-hydroxylation sites is 1. The lowest BCUT2D eigenvalue weighted by Crippen LogP contribution is -2.50. The zero-order valence-corrected chi connectivity index (χ0v) is 20.8. The maximum absolute atomic E-state index is 13.1. The molecule has 5 rings (SSSR count). The number of nitrogens with zero attached hydrogens (tertiary/aromatic N) is 5. The summed E-state index contributed by atoms with van der Waals surface area (Å²) in [4.78, 5) is 25.9. The van der Waals surface area contributed by atoms with Crippen molar-refractivity contribution in [2.45, 2.75) is 19.7 Å². The maximum Gasteiger partial charge on any atom is 0.573 e. The van der Waals surface area contributed by atoms with Crippen molar-refractivity contribution in [3.63, 3.8) is 0 Å². The second-order valence-corrected chi connectivity index (χ2v) is 8.89. The molecule has 8 nitrogen and oxygen atoms in total. The fourth-order valence-corrected chi connectivity index (χ4v) is 4.68. The number of fused-ring (bicyclic) bond motifs is 1. The van der Waals surface area contributed by atoms with Gasteiger partial charge in [0.15, 0.2) is 5.65 Å². The third kappa shape index (κ3) is 5.51. The third-order valence-corrected chi connectivity index (χ3v) is 6.54. The van der Waals surface area contributed by atoms with Gasteiger partial charge in [0.25, 0.3) is 0 Å². The van der Waals surface area contributed by atoms with E-state index in [1.54, 1.807) is 23.0 Å². The highest BCUT2D eigenvalue weighted by atomic mass is 19.4. The lowest BCUT2D eigenvalue weighted by Gasteiger charge is -2.37. The molecule has 11 heteroatoms. The molecule has 4 aromatic rings. The summed E-state index contributed by atoms with van der Waals surface area (Å²) in [6.45, 7) is 4.92. The van der Waals surface area contributed by atoms with Crippen LogP contribution in [-0.2, 0) is 11.2 Å².